The number of hydrogen-bond donors (Lipinski definition) is 2. The zero-order valence-corrected chi connectivity index (χ0v) is 13.1. The SMILES string of the molecule is Cc1nn(C)c(C)c1C(Cc1cc(Br)cs1)NN. The smallest absolute Gasteiger partial charge is 0.0644 e. The molecule has 0 amide bonds. The fourth-order valence-corrected chi connectivity index (χ4v) is 3.70. The highest BCUT2D eigenvalue weighted by Crippen LogP contribution is 2.28. The summed E-state index contributed by atoms with van der Waals surface area (Å²) in [4.78, 5) is 1.30. The van der Waals surface area contributed by atoms with Crippen molar-refractivity contribution in [2.24, 2.45) is 12.9 Å². The highest BCUT2D eigenvalue weighted by Gasteiger charge is 2.20. The minimum Gasteiger partial charge on any atom is -0.272 e. The third kappa shape index (κ3) is 2.66. The van der Waals surface area contributed by atoms with Gasteiger partial charge in [-0.3, -0.25) is 16.0 Å². The summed E-state index contributed by atoms with van der Waals surface area (Å²) in [5, 5.41) is 6.53. The number of nitrogens with one attached hydrogen (secondary N) is 1. The molecular formula is C12H17BrN4S. The summed E-state index contributed by atoms with van der Waals surface area (Å²) in [6.07, 6.45) is 0.875. The van der Waals surface area contributed by atoms with Crippen LogP contribution in [0.25, 0.3) is 0 Å². The Bertz CT molecular complexity index is 546. The van der Waals surface area contributed by atoms with Gasteiger partial charge in [-0.15, -0.1) is 11.3 Å². The summed E-state index contributed by atoms with van der Waals surface area (Å²) in [5.41, 5.74) is 6.30. The van der Waals surface area contributed by atoms with Crippen molar-refractivity contribution in [3.8, 4) is 0 Å². The van der Waals surface area contributed by atoms with Gasteiger partial charge in [-0.25, -0.2) is 0 Å². The maximum atomic E-state index is 5.71. The number of aryl methyl sites for hydroxylation is 2. The van der Waals surface area contributed by atoms with E-state index in [1.165, 1.54) is 10.4 Å². The van der Waals surface area contributed by atoms with Crippen LogP contribution in [0.2, 0.25) is 0 Å². The van der Waals surface area contributed by atoms with E-state index in [1.807, 2.05) is 18.7 Å². The highest BCUT2D eigenvalue weighted by molar-refractivity contribution is 9.10. The van der Waals surface area contributed by atoms with Crippen LogP contribution in [0.3, 0.4) is 0 Å². The number of thiophene rings is 1. The lowest BCUT2D eigenvalue weighted by molar-refractivity contribution is 0.549. The van der Waals surface area contributed by atoms with Crippen molar-refractivity contribution in [3.05, 3.63) is 37.7 Å². The van der Waals surface area contributed by atoms with Crippen LogP contribution in [-0.4, -0.2) is 9.78 Å². The van der Waals surface area contributed by atoms with Crippen LogP contribution in [0.15, 0.2) is 15.9 Å². The second-order valence-electron chi connectivity index (χ2n) is 4.36. The second-order valence-corrected chi connectivity index (χ2v) is 6.27. The van der Waals surface area contributed by atoms with E-state index in [1.54, 1.807) is 11.3 Å². The number of nitrogens with zero attached hydrogens (tertiary/aromatic N) is 2. The number of aromatic nitrogens is 2. The third-order valence-corrected chi connectivity index (χ3v) is 4.86. The fourth-order valence-electron chi connectivity index (χ4n) is 2.20. The molecule has 0 spiro atoms. The molecule has 2 aromatic rings. The molecule has 1 unspecified atom stereocenters. The minimum absolute atomic E-state index is 0.101. The van der Waals surface area contributed by atoms with Crippen LogP contribution in [0.5, 0.6) is 0 Å². The fraction of sp³-hybridized carbons (Fsp3) is 0.417. The predicted octanol–water partition coefficient (Wildman–Crippen LogP) is 2.61. The van der Waals surface area contributed by atoms with Crippen LogP contribution in [0.1, 0.15) is 27.9 Å². The van der Waals surface area contributed by atoms with E-state index in [0.29, 0.717) is 0 Å². The van der Waals surface area contributed by atoms with Gasteiger partial charge in [0.25, 0.3) is 0 Å². The van der Waals surface area contributed by atoms with Gasteiger partial charge in [-0.05, 0) is 35.8 Å². The lowest BCUT2D eigenvalue weighted by Crippen LogP contribution is -2.30. The van der Waals surface area contributed by atoms with E-state index in [2.05, 4.69) is 44.8 Å². The number of hydrogen-bond acceptors (Lipinski definition) is 4. The zero-order chi connectivity index (χ0) is 13.3. The molecule has 2 rings (SSSR count). The first kappa shape index (κ1) is 13.7. The van der Waals surface area contributed by atoms with Crippen molar-refractivity contribution in [1.82, 2.24) is 15.2 Å². The third-order valence-electron chi connectivity index (χ3n) is 3.14. The van der Waals surface area contributed by atoms with Crippen LogP contribution in [0.4, 0.5) is 0 Å². The van der Waals surface area contributed by atoms with Crippen LogP contribution >= 0.6 is 27.3 Å². The maximum Gasteiger partial charge on any atom is 0.0644 e. The first-order valence-electron chi connectivity index (χ1n) is 5.72. The molecular weight excluding hydrogens is 312 g/mol. The lowest BCUT2D eigenvalue weighted by Gasteiger charge is -2.15. The van der Waals surface area contributed by atoms with Crippen LogP contribution in [-0.2, 0) is 13.5 Å². The molecule has 0 bridgehead atoms. The Morgan fingerprint density at radius 1 is 1.56 bits per heavy atom. The molecule has 1 atom stereocenters. The molecule has 0 fully saturated rings. The van der Waals surface area contributed by atoms with Gasteiger partial charge in [0.05, 0.1) is 11.7 Å². The molecule has 18 heavy (non-hydrogen) atoms. The normalized spacial score (nSPS) is 12.9. The maximum absolute atomic E-state index is 5.71. The Labute approximate surface area is 119 Å². The average molecular weight is 329 g/mol. The van der Waals surface area contributed by atoms with Crippen molar-refractivity contribution < 1.29 is 0 Å². The topological polar surface area (TPSA) is 55.9 Å². The van der Waals surface area contributed by atoms with E-state index < -0.39 is 0 Å². The molecule has 2 heterocycles. The lowest BCUT2D eigenvalue weighted by atomic mass is 10.0. The molecule has 0 aliphatic rings. The van der Waals surface area contributed by atoms with Gasteiger partial charge in [0.15, 0.2) is 0 Å². The molecule has 0 aliphatic carbocycles. The van der Waals surface area contributed by atoms with Crippen molar-refractivity contribution in [1.29, 1.82) is 0 Å². The van der Waals surface area contributed by atoms with Gasteiger partial charge in [0.2, 0.25) is 0 Å². The second kappa shape index (κ2) is 5.52. The molecule has 2 aromatic heterocycles. The largest absolute Gasteiger partial charge is 0.272 e. The minimum atomic E-state index is 0.101. The van der Waals surface area contributed by atoms with Gasteiger partial charge < -0.3 is 0 Å². The molecule has 0 aliphatic heterocycles. The summed E-state index contributed by atoms with van der Waals surface area (Å²) in [7, 11) is 1.96. The Morgan fingerprint density at radius 3 is 2.72 bits per heavy atom. The van der Waals surface area contributed by atoms with Crippen LogP contribution in [0, 0.1) is 13.8 Å². The molecule has 0 saturated carbocycles. The molecule has 98 valence electrons. The van der Waals surface area contributed by atoms with Crippen LogP contribution < -0.4 is 11.3 Å². The van der Waals surface area contributed by atoms with E-state index >= 15 is 0 Å². The van der Waals surface area contributed by atoms with E-state index in [-0.39, 0.29) is 6.04 Å². The Hall–Kier alpha value is -0.690. The Kier molecular flexibility index (Phi) is 4.21. The summed E-state index contributed by atoms with van der Waals surface area (Å²) in [5.74, 6) is 5.71. The summed E-state index contributed by atoms with van der Waals surface area (Å²) >= 11 is 5.21. The summed E-state index contributed by atoms with van der Waals surface area (Å²) in [6.45, 7) is 4.10. The molecule has 4 nitrogen and oxygen atoms in total. The highest BCUT2D eigenvalue weighted by atomic mass is 79.9. The monoisotopic (exact) mass is 328 g/mol. The molecule has 3 N–H and O–H groups in total. The summed E-state index contributed by atoms with van der Waals surface area (Å²) in [6, 6.07) is 2.24. The number of hydrazine groups is 1. The van der Waals surface area contributed by atoms with Crippen molar-refractivity contribution in [3.63, 3.8) is 0 Å². The summed E-state index contributed by atoms with van der Waals surface area (Å²) < 4.78 is 3.03. The van der Waals surface area contributed by atoms with Crippen molar-refractivity contribution in [2.45, 2.75) is 26.3 Å². The first-order chi connectivity index (χ1) is 8.52. The predicted molar refractivity (Wildman–Crippen MR) is 78.5 cm³/mol. The molecule has 0 saturated heterocycles. The number of halogens is 1. The van der Waals surface area contributed by atoms with E-state index in [0.717, 1.165) is 22.3 Å². The van der Waals surface area contributed by atoms with Gasteiger partial charge in [-0.2, -0.15) is 5.10 Å². The molecule has 0 aromatic carbocycles. The molecule has 0 radical (unpaired) electrons. The van der Waals surface area contributed by atoms with E-state index in [4.69, 9.17) is 5.84 Å². The van der Waals surface area contributed by atoms with Gasteiger partial charge in [0, 0.05) is 39.5 Å². The van der Waals surface area contributed by atoms with Crippen molar-refractivity contribution >= 4 is 27.3 Å². The van der Waals surface area contributed by atoms with E-state index in [9.17, 15) is 0 Å². The van der Waals surface area contributed by atoms with Gasteiger partial charge in [-0.1, -0.05) is 0 Å². The zero-order valence-electron chi connectivity index (χ0n) is 10.7. The quantitative estimate of drug-likeness (QED) is 0.670. The van der Waals surface area contributed by atoms with Crippen molar-refractivity contribution in [2.75, 3.05) is 0 Å². The molecule has 6 heteroatoms. The van der Waals surface area contributed by atoms with Gasteiger partial charge >= 0.3 is 0 Å². The van der Waals surface area contributed by atoms with Gasteiger partial charge in [0.1, 0.15) is 0 Å². The first-order valence-corrected chi connectivity index (χ1v) is 7.39. The Morgan fingerprint density at radius 2 is 2.28 bits per heavy atom. The number of rotatable bonds is 4. The number of nitrogens with two attached hydrogens (primary N) is 1. The Balaban J connectivity index is 2.28. The average Bonchev–Trinajstić information content (AvgIpc) is 2.82. The standard InChI is InChI=1S/C12H17BrN4S/c1-7-12(8(2)17(3)16-7)11(15-14)5-10-4-9(13)6-18-10/h4,6,11,15H,5,14H2,1-3H3.